The first-order chi connectivity index (χ1) is 8.21. The fourth-order valence-electron chi connectivity index (χ4n) is 5.83. The molecule has 2 bridgehead atoms. The van der Waals surface area contributed by atoms with Crippen molar-refractivity contribution < 1.29 is 0 Å². The van der Waals surface area contributed by atoms with Gasteiger partial charge in [-0.25, -0.2) is 0 Å². The highest BCUT2D eigenvalue weighted by Crippen LogP contribution is 2.59. The van der Waals surface area contributed by atoms with E-state index in [0.29, 0.717) is 0 Å². The van der Waals surface area contributed by atoms with Gasteiger partial charge < -0.3 is 0 Å². The van der Waals surface area contributed by atoms with Crippen LogP contribution in [0.15, 0.2) is 0 Å². The molecular weight excluding hydrogens is 204 g/mol. The minimum atomic E-state index is 0.779. The van der Waals surface area contributed by atoms with E-state index in [1.807, 2.05) is 0 Å². The Morgan fingerprint density at radius 1 is 0.765 bits per heavy atom. The minimum Gasteiger partial charge on any atom is -0.0625 e. The summed E-state index contributed by atoms with van der Waals surface area (Å²) in [5, 5.41) is 0. The zero-order valence-electron chi connectivity index (χ0n) is 11.9. The molecule has 98 valence electrons. The highest BCUT2D eigenvalue weighted by molar-refractivity contribution is 4.99. The molecule has 3 fully saturated rings. The zero-order chi connectivity index (χ0) is 11.9. The van der Waals surface area contributed by atoms with Crippen molar-refractivity contribution in [2.75, 3.05) is 0 Å². The lowest BCUT2D eigenvalue weighted by molar-refractivity contribution is -0.0507. The number of hydrogen-bond donors (Lipinski definition) is 0. The van der Waals surface area contributed by atoms with Crippen LogP contribution >= 0.6 is 0 Å². The maximum absolute atomic E-state index is 2.60. The molecule has 3 aliphatic carbocycles. The van der Waals surface area contributed by atoms with E-state index in [2.05, 4.69) is 13.8 Å². The molecular formula is C17H30. The average Bonchev–Trinajstić information content (AvgIpc) is 2.52. The molecule has 0 saturated heterocycles. The molecule has 0 aromatic rings. The molecule has 0 amide bonds. The van der Waals surface area contributed by atoms with Crippen LogP contribution in [0.4, 0.5) is 0 Å². The Hall–Kier alpha value is 0. The lowest BCUT2D eigenvalue weighted by Crippen LogP contribution is -2.46. The fourth-order valence-corrected chi connectivity index (χ4v) is 5.83. The van der Waals surface area contributed by atoms with Crippen molar-refractivity contribution in [3.63, 3.8) is 0 Å². The molecule has 3 saturated carbocycles. The van der Waals surface area contributed by atoms with Gasteiger partial charge in [-0.1, -0.05) is 39.5 Å². The molecule has 0 aromatic carbocycles. The fraction of sp³-hybridized carbons (Fsp3) is 1.00. The van der Waals surface area contributed by atoms with Gasteiger partial charge in [0.05, 0.1) is 0 Å². The summed E-state index contributed by atoms with van der Waals surface area (Å²) in [6, 6.07) is 0. The van der Waals surface area contributed by atoms with Gasteiger partial charge in [0.25, 0.3) is 0 Å². The summed E-state index contributed by atoms with van der Waals surface area (Å²) < 4.78 is 0. The van der Waals surface area contributed by atoms with E-state index in [9.17, 15) is 0 Å². The summed E-state index contributed by atoms with van der Waals surface area (Å²) in [6.07, 6.45) is 15.5. The predicted octanol–water partition coefficient (Wildman–Crippen LogP) is 5.42. The van der Waals surface area contributed by atoms with Crippen LogP contribution < -0.4 is 0 Å². The van der Waals surface area contributed by atoms with Gasteiger partial charge in [-0.15, -0.1) is 0 Å². The van der Waals surface area contributed by atoms with Crippen LogP contribution in [0.2, 0.25) is 0 Å². The molecule has 0 nitrogen and oxygen atoms in total. The normalized spacial score (nSPS) is 45.5. The van der Waals surface area contributed by atoms with E-state index in [-0.39, 0.29) is 0 Å². The largest absolute Gasteiger partial charge is 0.0625 e. The van der Waals surface area contributed by atoms with Crippen molar-refractivity contribution in [3.8, 4) is 0 Å². The quantitative estimate of drug-likeness (QED) is 0.525. The van der Waals surface area contributed by atoms with Crippen molar-refractivity contribution in [2.45, 2.75) is 78.1 Å². The summed E-state index contributed by atoms with van der Waals surface area (Å²) in [7, 11) is 0. The Kier molecular flexibility index (Phi) is 3.26. The van der Waals surface area contributed by atoms with Crippen LogP contribution in [0.1, 0.15) is 78.1 Å². The van der Waals surface area contributed by atoms with E-state index in [0.717, 1.165) is 29.1 Å². The second-order valence-electron chi connectivity index (χ2n) is 7.66. The molecule has 0 aromatic heterocycles. The second kappa shape index (κ2) is 4.59. The van der Waals surface area contributed by atoms with E-state index in [4.69, 9.17) is 0 Å². The highest BCUT2D eigenvalue weighted by atomic mass is 14.5. The van der Waals surface area contributed by atoms with Crippen LogP contribution in [0, 0.1) is 29.1 Å². The first-order valence-corrected chi connectivity index (χ1v) is 8.21. The van der Waals surface area contributed by atoms with Crippen molar-refractivity contribution in [1.29, 1.82) is 0 Å². The zero-order valence-corrected chi connectivity index (χ0v) is 11.9. The Morgan fingerprint density at radius 2 is 1.47 bits per heavy atom. The molecule has 0 aliphatic heterocycles. The molecule has 17 heavy (non-hydrogen) atoms. The van der Waals surface area contributed by atoms with Crippen LogP contribution in [0.25, 0.3) is 0 Å². The monoisotopic (exact) mass is 234 g/mol. The Morgan fingerprint density at radius 3 is 2.18 bits per heavy atom. The van der Waals surface area contributed by atoms with Crippen LogP contribution in [-0.2, 0) is 0 Å². The van der Waals surface area contributed by atoms with E-state index in [1.54, 1.807) is 32.1 Å². The molecule has 3 aliphatic rings. The molecule has 0 heteroatoms. The summed E-state index contributed by atoms with van der Waals surface area (Å²) in [5.41, 5.74) is 0.779. The lowest BCUT2D eigenvalue weighted by atomic mass is 9.50. The van der Waals surface area contributed by atoms with Crippen LogP contribution in [0.3, 0.4) is 0 Å². The first kappa shape index (κ1) is 12.1. The first-order valence-electron chi connectivity index (χ1n) is 8.21. The highest BCUT2D eigenvalue weighted by Gasteiger charge is 2.49. The van der Waals surface area contributed by atoms with Gasteiger partial charge in [0.1, 0.15) is 0 Å². The molecule has 0 N–H and O–H groups in total. The van der Waals surface area contributed by atoms with Gasteiger partial charge >= 0.3 is 0 Å². The molecule has 0 heterocycles. The summed E-state index contributed by atoms with van der Waals surface area (Å²) >= 11 is 0. The number of fused-ring (bicyclic) bond motifs is 3. The SMILES string of the molecule is CC1CC2CC(C)C3(CCCCCC3)C(C1)C2. The summed E-state index contributed by atoms with van der Waals surface area (Å²) in [4.78, 5) is 0. The molecule has 4 atom stereocenters. The van der Waals surface area contributed by atoms with Gasteiger partial charge in [-0.2, -0.15) is 0 Å². The Bertz CT molecular complexity index is 255. The molecule has 1 spiro atoms. The van der Waals surface area contributed by atoms with Gasteiger partial charge in [-0.05, 0) is 67.6 Å². The summed E-state index contributed by atoms with van der Waals surface area (Å²) in [6.45, 7) is 5.11. The lowest BCUT2D eigenvalue weighted by Gasteiger charge is -2.55. The van der Waals surface area contributed by atoms with Gasteiger partial charge in [0, 0.05) is 0 Å². The van der Waals surface area contributed by atoms with Gasteiger partial charge in [-0.3, -0.25) is 0 Å². The maximum Gasteiger partial charge on any atom is -0.0243 e. The van der Waals surface area contributed by atoms with Crippen molar-refractivity contribution in [1.82, 2.24) is 0 Å². The molecule has 4 unspecified atom stereocenters. The third-order valence-electron chi connectivity index (χ3n) is 6.56. The van der Waals surface area contributed by atoms with E-state index >= 15 is 0 Å². The third kappa shape index (κ3) is 2.06. The van der Waals surface area contributed by atoms with E-state index in [1.165, 1.54) is 32.1 Å². The number of hydrogen-bond acceptors (Lipinski definition) is 0. The third-order valence-corrected chi connectivity index (χ3v) is 6.56. The van der Waals surface area contributed by atoms with Crippen molar-refractivity contribution >= 4 is 0 Å². The minimum absolute atomic E-state index is 0.779. The molecule has 0 radical (unpaired) electrons. The standard InChI is InChI=1S/C17H30/c1-13-9-15-11-14(2)17(16(10-13)12-15)7-5-3-4-6-8-17/h13-16H,3-12H2,1-2H3. The summed E-state index contributed by atoms with van der Waals surface area (Å²) in [5.74, 6) is 4.23. The van der Waals surface area contributed by atoms with Crippen LogP contribution in [0.5, 0.6) is 0 Å². The maximum atomic E-state index is 2.60. The predicted molar refractivity (Wildman–Crippen MR) is 73.9 cm³/mol. The average molecular weight is 234 g/mol. The Labute approximate surface area is 108 Å². The van der Waals surface area contributed by atoms with Crippen LogP contribution in [-0.4, -0.2) is 0 Å². The molecule has 3 rings (SSSR count). The van der Waals surface area contributed by atoms with Gasteiger partial charge in [0.15, 0.2) is 0 Å². The van der Waals surface area contributed by atoms with Crippen molar-refractivity contribution in [3.05, 3.63) is 0 Å². The van der Waals surface area contributed by atoms with E-state index < -0.39 is 0 Å². The Balaban J connectivity index is 1.85. The number of rotatable bonds is 0. The second-order valence-corrected chi connectivity index (χ2v) is 7.66. The van der Waals surface area contributed by atoms with Gasteiger partial charge in [0.2, 0.25) is 0 Å². The topological polar surface area (TPSA) is 0 Å². The smallest absolute Gasteiger partial charge is 0.0243 e. The van der Waals surface area contributed by atoms with Crippen molar-refractivity contribution in [2.24, 2.45) is 29.1 Å².